The zero-order valence-electron chi connectivity index (χ0n) is 15.4. The van der Waals surface area contributed by atoms with E-state index >= 15 is 0 Å². The van der Waals surface area contributed by atoms with Gasteiger partial charge in [-0.1, -0.05) is 18.7 Å². The van der Waals surface area contributed by atoms with Crippen molar-refractivity contribution in [1.82, 2.24) is 20.5 Å². The van der Waals surface area contributed by atoms with Crippen molar-refractivity contribution in [2.75, 3.05) is 38.5 Å². The summed E-state index contributed by atoms with van der Waals surface area (Å²) < 4.78 is 1.16. The van der Waals surface area contributed by atoms with Crippen molar-refractivity contribution in [2.24, 2.45) is 4.99 Å². The molecule has 0 unspecified atom stereocenters. The molecule has 1 fully saturated rings. The van der Waals surface area contributed by atoms with Gasteiger partial charge in [0, 0.05) is 49.6 Å². The van der Waals surface area contributed by atoms with Crippen LogP contribution < -0.4 is 10.6 Å². The van der Waals surface area contributed by atoms with Crippen molar-refractivity contribution in [2.45, 2.75) is 49.9 Å². The molecule has 1 aliphatic rings. The molecule has 0 radical (unpaired) electrons. The molecule has 0 spiro atoms. The predicted molar refractivity (Wildman–Crippen MR) is 122 cm³/mol. The maximum absolute atomic E-state index is 4.73. The third-order valence-electron chi connectivity index (χ3n) is 4.02. The molecule has 1 aromatic heterocycles. The number of nitrogens with zero attached hydrogens (tertiary/aromatic N) is 3. The fourth-order valence-corrected chi connectivity index (χ4v) is 4.46. The number of piperidine rings is 1. The van der Waals surface area contributed by atoms with E-state index < -0.39 is 0 Å². The number of thioether (sulfide) groups is 1. The third kappa shape index (κ3) is 9.44. The lowest BCUT2D eigenvalue weighted by molar-refractivity contribution is 0.206. The summed E-state index contributed by atoms with van der Waals surface area (Å²) in [6.07, 6.45) is 6.62. The van der Waals surface area contributed by atoms with Gasteiger partial charge in [-0.15, -0.1) is 35.3 Å². The van der Waals surface area contributed by atoms with Crippen LogP contribution in [0.2, 0.25) is 0 Å². The Morgan fingerprint density at radius 3 is 2.84 bits per heavy atom. The summed E-state index contributed by atoms with van der Waals surface area (Å²) in [5.41, 5.74) is 0. The number of nitrogens with one attached hydrogen (secondary N) is 2. The number of halogens is 1. The van der Waals surface area contributed by atoms with E-state index in [4.69, 9.17) is 4.99 Å². The lowest BCUT2D eigenvalue weighted by Crippen LogP contribution is -2.48. The lowest BCUT2D eigenvalue weighted by Gasteiger charge is -2.32. The first-order chi connectivity index (χ1) is 11.8. The Morgan fingerprint density at radius 2 is 2.20 bits per heavy atom. The van der Waals surface area contributed by atoms with Crippen molar-refractivity contribution in [1.29, 1.82) is 0 Å². The molecule has 2 N–H and O–H groups in total. The second-order valence-corrected chi connectivity index (χ2v) is 8.26. The summed E-state index contributed by atoms with van der Waals surface area (Å²) in [5, 5.41) is 9.03. The van der Waals surface area contributed by atoms with Crippen molar-refractivity contribution in [3.8, 4) is 0 Å². The van der Waals surface area contributed by atoms with Gasteiger partial charge in [0.15, 0.2) is 5.96 Å². The van der Waals surface area contributed by atoms with Gasteiger partial charge in [-0.05, 0) is 39.2 Å². The van der Waals surface area contributed by atoms with Gasteiger partial charge in [0.25, 0.3) is 0 Å². The van der Waals surface area contributed by atoms with Gasteiger partial charge in [0.1, 0.15) is 4.34 Å². The molecule has 144 valence electrons. The Hall–Kier alpha value is -0.0600. The number of likely N-dealkylation sites (tertiary alicyclic amines) is 1. The van der Waals surface area contributed by atoms with Crippen molar-refractivity contribution in [3.63, 3.8) is 0 Å². The highest BCUT2D eigenvalue weighted by Crippen LogP contribution is 2.20. The van der Waals surface area contributed by atoms with E-state index in [2.05, 4.69) is 34.4 Å². The number of hydrogen-bond acceptors (Lipinski definition) is 5. The van der Waals surface area contributed by atoms with E-state index in [-0.39, 0.29) is 24.0 Å². The smallest absolute Gasteiger partial charge is 0.191 e. The molecule has 0 saturated carbocycles. The van der Waals surface area contributed by atoms with Crippen molar-refractivity contribution < 1.29 is 0 Å². The van der Waals surface area contributed by atoms with Crippen LogP contribution >= 0.6 is 47.1 Å². The fourth-order valence-electron chi connectivity index (χ4n) is 2.83. The molecule has 0 amide bonds. The third-order valence-corrected chi connectivity index (χ3v) is 6.07. The monoisotopic (exact) mass is 497 g/mol. The maximum Gasteiger partial charge on any atom is 0.191 e. The van der Waals surface area contributed by atoms with E-state index in [1.54, 1.807) is 11.3 Å². The van der Waals surface area contributed by atoms with Crippen molar-refractivity contribution in [3.05, 3.63) is 11.6 Å². The number of aromatic nitrogens is 1. The second-order valence-electron chi connectivity index (χ2n) is 6.02. The molecule has 0 bridgehead atoms. The van der Waals surface area contributed by atoms with E-state index in [0.717, 1.165) is 35.6 Å². The largest absolute Gasteiger partial charge is 0.357 e. The summed E-state index contributed by atoms with van der Waals surface area (Å²) in [7, 11) is 0. The van der Waals surface area contributed by atoms with Crippen LogP contribution in [0.25, 0.3) is 0 Å². The SMILES string of the molecule is CCCN1CCC(NC(=NCCCSc2nccs2)NCC)CC1.I. The van der Waals surface area contributed by atoms with E-state index in [1.807, 2.05) is 23.3 Å². The Kier molecular flexibility index (Phi) is 12.9. The summed E-state index contributed by atoms with van der Waals surface area (Å²) in [6.45, 7) is 9.80. The molecule has 1 aliphatic heterocycles. The Morgan fingerprint density at radius 1 is 1.40 bits per heavy atom. The maximum atomic E-state index is 4.73. The van der Waals surface area contributed by atoms with Crippen LogP contribution in [-0.4, -0.2) is 60.4 Å². The van der Waals surface area contributed by atoms with Crippen LogP contribution in [0.5, 0.6) is 0 Å². The first kappa shape index (κ1) is 23.0. The van der Waals surface area contributed by atoms with Gasteiger partial charge in [-0.3, -0.25) is 4.99 Å². The van der Waals surface area contributed by atoms with Gasteiger partial charge in [-0.25, -0.2) is 4.98 Å². The molecular weight excluding hydrogens is 465 g/mol. The highest BCUT2D eigenvalue weighted by atomic mass is 127. The van der Waals surface area contributed by atoms with Gasteiger partial charge in [0.05, 0.1) is 0 Å². The van der Waals surface area contributed by atoms with Crippen LogP contribution in [0.4, 0.5) is 0 Å². The molecule has 0 aliphatic carbocycles. The first-order valence-electron chi connectivity index (χ1n) is 9.11. The zero-order chi connectivity index (χ0) is 17.0. The minimum absolute atomic E-state index is 0. The van der Waals surface area contributed by atoms with Gasteiger partial charge in [-0.2, -0.15) is 0 Å². The molecule has 0 aromatic carbocycles. The standard InChI is InChI=1S/C17H31N5S2.HI/c1-3-10-22-11-6-15(7-12-22)21-16(18-4-2)19-8-5-13-23-17-20-9-14-24-17;/h9,14-15H,3-8,10-13H2,1-2H3,(H2,18,19,21);1H. The zero-order valence-corrected chi connectivity index (χ0v) is 19.3. The molecule has 2 heterocycles. The van der Waals surface area contributed by atoms with Crippen LogP contribution in [0.1, 0.15) is 39.5 Å². The number of guanidine groups is 1. The molecule has 0 atom stereocenters. The van der Waals surface area contributed by atoms with Crippen LogP contribution in [-0.2, 0) is 0 Å². The molecular formula is C17H32IN5S2. The van der Waals surface area contributed by atoms with Gasteiger partial charge < -0.3 is 15.5 Å². The highest BCUT2D eigenvalue weighted by Gasteiger charge is 2.19. The lowest BCUT2D eigenvalue weighted by atomic mass is 10.1. The second kappa shape index (κ2) is 14.1. The topological polar surface area (TPSA) is 52.5 Å². The number of rotatable bonds is 9. The van der Waals surface area contributed by atoms with Gasteiger partial charge in [0.2, 0.25) is 0 Å². The molecule has 5 nitrogen and oxygen atoms in total. The molecule has 25 heavy (non-hydrogen) atoms. The average molecular weight is 498 g/mol. The average Bonchev–Trinajstić information content (AvgIpc) is 3.10. The van der Waals surface area contributed by atoms with Crippen molar-refractivity contribution >= 4 is 53.0 Å². The normalized spacial score (nSPS) is 16.5. The first-order valence-corrected chi connectivity index (χ1v) is 11.0. The number of hydrogen-bond donors (Lipinski definition) is 2. The van der Waals surface area contributed by atoms with Crippen LogP contribution in [0, 0.1) is 0 Å². The van der Waals surface area contributed by atoms with E-state index in [1.165, 1.54) is 38.9 Å². The summed E-state index contributed by atoms with van der Waals surface area (Å²) in [4.78, 5) is 11.6. The summed E-state index contributed by atoms with van der Waals surface area (Å²) in [5.74, 6) is 2.05. The molecule has 1 saturated heterocycles. The molecule has 2 rings (SSSR count). The van der Waals surface area contributed by atoms with Gasteiger partial charge >= 0.3 is 0 Å². The molecule has 8 heteroatoms. The Balaban J connectivity index is 0.00000312. The minimum Gasteiger partial charge on any atom is -0.357 e. The highest BCUT2D eigenvalue weighted by molar-refractivity contribution is 14.0. The summed E-state index contributed by atoms with van der Waals surface area (Å²) in [6, 6.07) is 0.556. The molecule has 1 aromatic rings. The Bertz CT molecular complexity index is 462. The summed E-state index contributed by atoms with van der Waals surface area (Å²) >= 11 is 3.53. The number of thiazole rings is 1. The van der Waals surface area contributed by atoms with Crippen LogP contribution in [0.3, 0.4) is 0 Å². The van der Waals surface area contributed by atoms with E-state index in [9.17, 15) is 0 Å². The van der Waals surface area contributed by atoms with E-state index in [0.29, 0.717) is 6.04 Å². The fraction of sp³-hybridized carbons (Fsp3) is 0.765. The minimum atomic E-state index is 0. The Labute approximate surface area is 177 Å². The number of aliphatic imine (C=N–C) groups is 1. The quantitative estimate of drug-likeness (QED) is 0.179. The van der Waals surface area contributed by atoms with Crippen LogP contribution in [0.15, 0.2) is 20.9 Å². The predicted octanol–water partition coefficient (Wildman–Crippen LogP) is 3.67.